The number of carbonyl (C=O) groups excluding carboxylic acids is 2. The van der Waals surface area contributed by atoms with Crippen LogP contribution in [0, 0.1) is 17.6 Å². The number of urea groups is 1. The third kappa shape index (κ3) is 3.75. The first-order valence-corrected chi connectivity index (χ1v) is 9.37. The first-order valence-electron chi connectivity index (χ1n) is 8.99. The first-order chi connectivity index (χ1) is 13.6. The Morgan fingerprint density at radius 2 is 2.03 bits per heavy atom. The van der Waals surface area contributed by atoms with Crippen LogP contribution in [-0.2, 0) is 9.53 Å². The lowest BCUT2D eigenvalue weighted by Gasteiger charge is -2.52. The van der Waals surface area contributed by atoms with Gasteiger partial charge in [-0.25, -0.2) is 13.6 Å². The van der Waals surface area contributed by atoms with Crippen molar-refractivity contribution in [3.05, 3.63) is 34.4 Å². The second-order valence-electron chi connectivity index (χ2n) is 7.39. The van der Waals surface area contributed by atoms with E-state index in [1.165, 1.54) is 6.92 Å². The molecule has 2 atom stereocenters. The molecule has 1 heterocycles. The topological polar surface area (TPSA) is 84.7 Å². The third-order valence-electron chi connectivity index (χ3n) is 5.81. The van der Waals surface area contributed by atoms with Crippen molar-refractivity contribution in [2.75, 3.05) is 13.1 Å². The first kappa shape index (κ1) is 21.6. The van der Waals surface area contributed by atoms with Gasteiger partial charge in [0.05, 0.1) is 6.10 Å². The molecule has 1 aromatic rings. The van der Waals surface area contributed by atoms with Crippen LogP contribution in [0.5, 0.6) is 0 Å². The number of benzene rings is 1. The molecule has 2 fully saturated rings. The van der Waals surface area contributed by atoms with Crippen LogP contribution in [0.25, 0.3) is 0 Å². The zero-order valence-electron chi connectivity index (χ0n) is 15.4. The van der Waals surface area contributed by atoms with E-state index in [4.69, 9.17) is 17.3 Å². The molecule has 11 heteroatoms. The molecule has 1 saturated carbocycles. The Bertz CT molecular complexity index is 822. The number of amides is 3. The summed E-state index contributed by atoms with van der Waals surface area (Å²) < 4.78 is 58.1. The number of ether oxygens (including phenoxy) is 1. The van der Waals surface area contributed by atoms with Crippen molar-refractivity contribution in [1.82, 2.24) is 10.2 Å². The predicted octanol–water partition coefficient (Wildman–Crippen LogP) is 2.99. The lowest BCUT2D eigenvalue weighted by Crippen LogP contribution is -2.69. The number of piperazine rings is 1. The molecule has 0 spiro atoms. The van der Waals surface area contributed by atoms with Gasteiger partial charge in [-0.3, -0.25) is 4.79 Å². The number of rotatable bonds is 5. The Kier molecular flexibility index (Phi) is 5.96. The number of hydrogen-bond donors (Lipinski definition) is 2. The highest BCUT2D eigenvalue weighted by atomic mass is 35.5. The van der Waals surface area contributed by atoms with Crippen molar-refractivity contribution in [2.45, 2.75) is 43.9 Å². The lowest BCUT2D eigenvalue weighted by atomic mass is 9.62. The number of alkyl halides is 2. The molecular weight excluding hydrogens is 418 g/mol. The van der Waals surface area contributed by atoms with Gasteiger partial charge >= 0.3 is 12.6 Å². The molecule has 3 rings (SSSR count). The Morgan fingerprint density at radius 3 is 2.62 bits per heavy atom. The van der Waals surface area contributed by atoms with Crippen LogP contribution in [-0.4, -0.2) is 48.2 Å². The standard InChI is InChI=1S/C18H20ClF4N3O3/c1-18(15(27)25-4-5-26(18)17(24)28)12(8-6-9(7-8)29-16(22)23)10-2-3-11(20)13(19)14(10)21/h2-3,8-9,12,16H,4-7H2,1H3,(H2,24,28)(H,25,27)/t8?,9?,12-,18?/m0/s1. The van der Waals surface area contributed by atoms with E-state index in [-0.39, 0.29) is 31.5 Å². The van der Waals surface area contributed by atoms with E-state index in [1.807, 2.05) is 0 Å². The molecule has 2 aliphatic rings. The van der Waals surface area contributed by atoms with E-state index in [0.717, 1.165) is 17.0 Å². The van der Waals surface area contributed by atoms with Crippen LogP contribution in [0.3, 0.4) is 0 Å². The van der Waals surface area contributed by atoms with Gasteiger partial charge in [0.2, 0.25) is 5.91 Å². The number of hydrogen-bond acceptors (Lipinski definition) is 3. The molecule has 0 radical (unpaired) electrons. The number of carbonyl (C=O) groups is 2. The maximum absolute atomic E-state index is 14.9. The average Bonchev–Trinajstić information content (AvgIpc) is 2.61. The van der Waals surface area contributed by atoms with Crippen LogP contribution in [0.4, 0.5) is 22.4 Å². The summed E-state index contributed by atoms with van der Waals surface area (Å²) in [4.78, 5) is 26.1. The monoisotopic (exact) mass is 437 g/mol. The van der Waals surface area contributed by atoms with Crippen molar-refractivity contribution < 1.29 is 31.9 Å². The highest BCUT2D eigenvalue weighted by Gasteiger charge is 2.56. The van der Waals surface area contributed by atoms with Gasteiger partial charge in [0.25, 0.3) is 0 Å². The molecule has 0 aromatic heterocycles. The van der Waals surface area contributed by atoms with Crippen LogP contribution in [0.2, 0.25) is 5.02 Å². The van der Waals surface area contributed by atoms with E-state index in [2.05, 4.69) is 10.1 Å². The van der Waals surface area contributed by atoms with Crippen molar-refractivity contribution in [2.24, 2.45) is 11.7 Å². The second kappa shape index (κ2) is 7.98. The highest BCUT2D eigenvalue weighted by molar-refractivity contribution is 6.31. The largest absolute Gasteiger partial charge is 0.352 e. The minimum atomic E-state index is -2.97. The van der Waals surface area contributed by atoms with Gasteiger partial charge in [-0.05, 0) is 37.3 Å². The molecule has 29 heavy (non-hydrogen) atoms. The van der Waals surface area contributed by atoms with Crippen LogP contribution in [0.15, 0.2) is 12.1 Å². The van der Waals surface area contributed by atoms with Gasteiger partial charge in [-0.15, -0.1) is 0 Å². The molecule has 0 bridgehead atoms. The minimum Gasteiger partial charge on any atom is -0.352 e. The summed E-state index contributed by atoms with van der Waals surface area (Å²) in [6.07, 6.45) is -0.587. The number of nitrogens with zero attached hydrogens (tertiary/aromatic N) is 1. The molecule has 3 amide bonds. The SMILES string of the molecule is CC1([C@H](c2ccc(F)c(Cl)c2F)C2CC(OC(F)F)C2)C(=O)NCCN1C(N)=O. The molecule has 6 nitrogen and oxygen atoms in total. The maximum Gasteiger partial charge on any atom is 0.345 e. The molecule has 1 aliphatic heterocycles. The molecule has 3 N–H and O–H groups in total. The molecule has 1 unspecified atom stereocenters. The van der Waals surface area contributed by atoms with E-state index in [1.54, 1.807) is 0 Å². The number of nitrogens with two attached hydrogens (primary N) is 1. The fraction of sp³-hybridized carbons (Fsp3) is 0.556. The summed E-state index contributed by atoms with van der Waals surface area (Å²) in [7, 11) is 0. The fourth-order valence-corrected chi connectivity index (χ4v) is 4.57. The summed E-state index contributed by atoms with van der Waals surface area (Å²) in [5.74, 6) is -4.15. The Morgan fingerprint density at radius 1 is 1.38 bits per heavy atom. The van der Waals surface area contributed by atoms with Crippen molar-refractivity contribution >= 4 is 23.5 Å². The average molecular weight is 438 g/mol. The van der Waals surface area contributed by atoms with Crippen molar-refractivity contribution in [1.29, 1.82) is 0 Å². The quantitative estimate of drug-likeness (QED) is 0.548. The van der Waals surface area contributed by atoms with E-state index in [9.17, 15) is 27.2 Å². The van der Waals surface area contributed by atoms with Gasteiger partial charge < -0.3 is 20.7 Å². The summed E-state index contributed by atoms with van der Waals surface area (Å²) in [5.41, 5.74) is 3.74. The maximum atomic E-state index is 14.9. The van der Waals surface area contributed by atoms with E-state index < -0.39 is 58.7 Å². The molecule has 1 aliphatic carbocycles. The van der Waals surface area contributed by atoms with Crippen molar-refractivity contribution in [3.8, 4) is 0 Å². The number of primary amides is 1. The zero-order chi connectivity index (χ0) is 21.5. The van der Waals surface area contributed by atoms with Crippen LogP contribution in [0.1, 0.15) is 31.2 Å². The van der Waals surface area contributed by atoms with Gasteiger partial charge in [0.1, 0.15) is 22.2 Å². The Balaban J connectivity index is 2.07. The summed E-state index contributed by atoms with van der Waals surface area (Å²) in [6.45, 7) is -1.31. The minimum absolute atomic E-state index is 0.0777. The molecule has 1 aromatic carbocycles. The molecule has 1 saturated heterocycles. The number of nitrogens with one attached hydrogen (secondary N) is 1. The smallest absolute Gasteiger partial charge is 0.345 e. The van der Waals surface area contributed by atoms with Crippen LogP contribution >= 0.6 is 11.6 Å². The van der Waals surface area contributed by atoms with E-state index >= 15 is 0 Å². The molecular formula is C18H20ClF4N3O3. The van der Waals surface area contributed by atoms with Crippen molar-refractivity contribution in [3.63, 3.8) is 0 Å². The Hall–Kier alpha value is -2.07. The van der Waals surface area contributed by atoms with Gasteiger partial charge in [-0.2, -0.15) is 8.78 Å². The fourth-order valence-electron chi connectivity index (χ4n) is 4.40. The predicted molar refractivity (Wildman–Crippen MR) is 95.4 cm³/mol. The summed E-state index contributed by atoms with van der Waals surface area (Å²) in [6, 6.07) is 1.22. The van der Waals surface area contributed by atoms with Gasteiger partial charge in [0.15, 0.2) is 0 Å². The van der Waals surface area contributed by atoms with Gasteiger partial charge in [0, 0.05) is 19.0 Å². The second-order valence-corrected chi connectivity index (χ2v) is 7.76. The summed E-state index contributed by atoms with van der Waals surface area (Å²) >= 11 is 5.73. The van der Waals surface area contributed by atoms with Gasteiger partial charge in [-0.1, -0.05) is 17.7 Å². The molecule has 160 valence electrons. The number of halogens is 5. The normalized spacial score (nSPS) is 28.1. The summed E-state index contributed by atoms with van der Waals surface area (Å²) in [5, 5.41) is 1.88. The van der Waals surface area contributed by atoms with Crippen LogP contribution < -0.4 is 11.1 Å². The highest BCUT2D eigenvalue weighted by Crippen LogP contribution is 2.50. The lowest BCUT2D eigenvalue weighted by molar-refractivity contribution is -0.196. The third-order valence-corrected chi connectivity index (χ3v) is 6.16. The zero-order valence-corrected chi connectivity index (χ0v) is 16.2. The Labute approximate surface area is 169 Å². The van der Waals surface area contributed by atoms with E-state index in [0.29, 0.717) is 0 Å².